The van der Waals surface area contributed by atoms with Gasteiger partial charge in [-0.3, -0.25) is 9.59 Å². The zero-order chi connectivity index (χ0) is 24.2. The molecule has 0 saturated heterocycles. The van der Waals surface area contributed by atoms with Crippen LogP contribution in [0.5, 0.6) is 5.75 Å². The lowest BCUT2D eigenvalue weighted by molar-refractivity contribution is -0.141. The first-order valence-corrected chi connectivity index (χ1v) is 11.9. The SMILES string of the molecule is CCNC(=O)C(Cc1ccccc1)N(Cc1ccccc1)C(=O)CCCOc1ccc(C)cc1. The molecular formula is C29H34N2O3. The molecule has 0 bridgehead atoms. The minimum atomic E-state index is -0.590. The molecule has 3 aromatic rings. The van der Waals surface area contributed by atoms with Gasteiger partial charge in [0.15, 0.2) is 0 Å². The van der Waals surface area contributed by atoms with Gasteiger partial charge in [0, 0.05) is 25.9 Å². The summed E-state index contributed by atoms with van der Waals surface area (Å²) in [6, 6.07) is 26.9. The summed E-state index contributed by atoms with van der Waals surface area (Å²) < 4.78 is 5.80. The number of carbonyl (C=O) groups is 2. The Morgan fingerprint density at radius 2 is 1.50 bits per heavy atom. The van der Waals surface area contributed by atoms with Gasteiger partial charge in [0.2, 0.25) is 11.8 Å². The maximum Gasteiger partial charge on any atom is 0.243 e. The van der Waals surface area contributed by atoms with Gasteiger partial charge in [-0.25, -0.2) is 0 Å². The number of rotatable bonds is 12. The summed E-state index contributed by atoms with van der Waals surface area (Å²) >= 11 is 0. The van der Waals surface area contributed by atoms with Crippen LogP contribution in [0, 0.1) is 6.92 Å². The summed E-state index contributed by atoms with van der Waals surface area (Å²) in [5.41, 5.74) is 3.19. The average molecular weight is 459 g/mol. The Morgan fingerprint density at radius 1 is 0.882 bits per heavy atom. The van der Waals surface area contributed by atoms with Crippen LogP contribution in [0.3, 0.4) is 0 Å². The normalized spacial score (nSPS) is 11.5. The lowest BCUT2D eigenvalue weighted by atomic mass is 10.0. The number of benzene rings is 3. The molecule has 0 fully saturated rings. The third kappa shape index (κ3) is 7.77. The first kappa shape index (κ1) is 25.0. The first-order chi connectivity index (χ1) is 16.6. The number of amides is 2. The number of aryl methyl sites for hydroxylation is 1. The first-order valence-electron chi connectivity index (χ1n) is 11.9. The fourth-order valence-electron chi connectivity index (χ4n) is 3.82. The molecule has 0 saturated carbocycles. The highest BCUT2D eigenvalue weighted by Crippen LogP contribution is 2.17. The Kier molecular flexibility index (Phi) is 9.71. The molecule has 178 valence electrons. The third-order valence-corrected chi connectivity index (χ3v) is 5.64. The number of likely N-dealkylation sites (N-methyl/N-ethyl adjacent to an activating group) is 1. The Morgan fingerprint density at radius 3 is 2.12 bits per heavy atom. The topological polar surface area (TPSA) is 58.6 Å². The molecule has 2 amide bonds. The molecule has 5 heteroatoms. The molecule has 0 radical (unpaired) electrons. The van der Waals surface area contributed by atoms with E-state index in [4.69, 9.17) is 4.74 Å². The average Bonchev–Trinajstić information content (AvgIpc) is 2.86. The van der Waals surface area contributed by atoms with Gasteiger partial charge in [-0.1, -0.05) is 78.4 Å². The minimum absolute atomic E-state index is 0.0523. The molecule has 3 aromatic carbocycles. The molecule has 34 heavy (non-hydrogen) atoms. The number of ether oxygens (including phenoxy) is 1. The number of carbonyl (C=O) groups excluding carboxylic acids is 2. The Labute approximate surface area is 202 Å². The van der Waals surface area contributed by atoms with Crippen molar-refractivity contribution in [3.63, 3.8) is 0 Å². The summed E-state index contributed by atoms with van der Waals surface area (Å²) in [6.45, 7) is 5.26. The van der Waals surface area contributed by atoms with Crippen LogP contribution in [0.25, 0.3) is 0 Å². The van der Waals surface area contributed by atoms with E-state index in [-0.39, 0.29) is 11.8 Å². The van der Waals surface area contributed by atoms with Crippen molar-refractivity contribution < 1.29 is 14.3 Å². The lowest BCUT2D eigenvalue weighted by Crippen LogP contribution is -2.50. The summed E-state index contributed by atoms with van der Waals surface area (Å²) in [5, 5.41) is 2.92. The molecule has 0 aromatic heterocycles. The van der Waals surface area contributed by atoms with Crippen molar-refractivity contribution in [2.45, 2.75) is 45.7 Å². The molecule has 0 aliphatic rings. The monoisotopic (exact) mass is 458 g/mol. The van der Waals surface area contributed by atoms with Crippen molar-refractivity contribution in [2.24, 2.45) is 0 Å². The molecule has 3 rings (SSSR count). The van der Waals surface area contributed by atoms with Crippen LogP contribution in [-0.4, -0.2) is 35.9 Å². The zero-order valence-electron chi connectivity index (χ0n) is 20.1. The standard InChI is InChI=1S/C29H34N2O3/c1-3-30-29(33)27(21-24-11-6-4-7-12-24)31(22-25-13-8-5-9-14-25)28(32)15-10-20-34-26-18-16-23(2)17-19-26/h4-9,11-14,16-19,27H,3,10,15,20-22H2,1-2H3,(H,30,33). The molecule has 0 aliphatic carbocycles. The zero-order valence-corrected chi connectivity index (χ0v) is 20.1. The van der Waals surface area contributed by atoms with Gasteiger partial charge in [-0.2, -0.15) is 0 Å². The highest BCUT2D eigenvalue weighted by atomic mass is 16.5. The number of nitrogens with zero attached hydrogens (tertiary/aromatic N) is 1. The highest BCUT2D eigenvalue weighted by Gasteiger charge is 2.29. The number of hydrogen-bond acceptors (Lipinski definition) is 3. The van der Waals surface area contributed by atoms with E-state index in [1.165, 1.54) is 5.56 Å². The van der Waals surface area contributed by atoms with Crippen LogP contribution in [0.4, 0.5) is 0 Å². The molecule has 0 spiro atoms. The maximum atomic E-state index is 13.4. The molecule has 1 N–H and O–H groups in total. The van der Waals surface area contributed by atoms with Gasteiger partial charge >= 0.3 is 0 Å². The van der Waals surface area contributed by atoms with Crippen molar-refractivity contribution in [1.82, 2.24) is 10.2 Å². The Bertz CT molecular complexity index is 1020. The van der Waals surface area contributed by atoms with Crippen LogP contribution in [0.2, 0.25) is 0 Å². The predicted octanol–water partition coefficient (Wildman–Crippen LogP) is 4.93. The quantitative estimate of drug-likeness (QED) is 0.392. The van der Waals surface area contributed by atoms with Gasteiger partial charge in [0.1, 0.15) is 11.8 Å². The predicted molar refractivity (Wildman–Crippen MR) is 136 cm³/mol. The van der Waals surface area contributed by atoms with Gasteiger partial charge in [-0.15, -0.1) is 0 Å². The fourth-order valence-corrected chi connectivity index (χ4v) is 3.82. The van der Waals surface area contributed by atoms with E-state index in [2.05, 4.69) is 5.32 Å². The van der Waals surface area contributed by atoms with Gasteiger partial charge in [0.05, 0.1) is 6.61 Å². The molecule has 5 nitrogen and oxygen atoms in total. The van der Waals surface area contributed by atoms with Crippen molar-refractivity contribution in [2.75, 3.05) is 13.2 Å². The second-order valence-corrected chi connectivity index (χ2v) is 8.37. The largest absolute Gasteiger partial charge is 0.494 e. The second-order valence-electron chi connectivity index (χ2n) is 8.37. The number of nitrogens with one attached hydrogen (secondary N) is 1. The van der Waals surface area contributed by atoms with Crippen molar-refractivity contribution in [3.05, 3.63) is 102 Å². The van der Waals surface area contributed by atoms with Crippen molar-refractivity contribution >= 4 is 11.8 Å². The lowest BCUT2D eigenvalue weighted by Gasteiger charge is -2.31. The Hall–Kier alpha value is -3.60. The van der Waals surface area contributed by atoms with E-state index < -0.39 is 6.04 Å². The van der Waals surface area contributed by atoms with E-state index in [1.807, 2.05) is 98.8 Å². The van der Waals surface area contributed by atoms with Crippen LogP contribution < -0.4 is 10.1 Å². The van der Waals surface area contributed by atoms with Crippen LogP contribution >= 0.6 is 0 Å². The third-order valence-electron chi connectivity index (χ3n) is 5.64. The summed E-state index contributed by atoms with van der Waals surface area (Å²) in [7, 11) is 0. The highest BCUT2D eigenvalue weighted by molar-refractivity contribution is 5.88. The van der Waals surface area contributed by atoms with E-state index in [9.17, 15) is 9.59 Å². The van der Waals surface area contributed by atoms with E-state index in [1.54, 1.807) is 4.90 Å². The van der Waals surface area contributed by atoms with E-state index in [0.717, 1.165) is 16.9 Å². The molecule has 0 aliphatic heterocycles. The minimum Gasteiger partial charge on any atom is -0.494 e. The number of hydrogen-bond donors (Lipinski definition) is 1. The second kappa shape index (κ2) is 13.2. The summed E-state index contributed by atoms with van der Waals surface area (Å²) in [6.07, 6.45) is 1.35. The van der Waals surface area contributed by atoms with E-state index in [0.29, 0.717) is 39.0 Å². The van der Waals surface area contributed by atoms with Gasteiger partial charge in [0.25, 0.3) is 0 Å². The summed E-state index contributed by atoms with van der Waals surface area (Å²) in [4.78, 5) is 28.3. The molecular weight excluding hydrogens is 424 g/mol. The van der Waals surface area contributed by atoms with E-state index >= 15 is 0 Å². The van der Waals surface area contributed by atoms with Crippen molar-refractivity contribution in [1.29, 1.82) is 0 Å². The Balaban J connectivity index is 1.73. The molecule has 1 unspecified atom stereocenters. The maximum absolute atomic E-state index is 13.4. The smallest absolute Gasteiger partial charge is 0.243 e. The van der Waals surface area contributed by atoms with Gasteiger partial charge in [-0.05, 0) is 43.5 Å². The molecule has 1 atom stereocenters. The van der Waals surface area contributed by atoms with Crippen LogP contribution in [0.1, 0.15) is 36.5 Å². The molecule has 0 heterocycles. The van der Waals surface area contributed by atoms with Crippen molar-refractivity contribution in [3.8, 4) is 5.75 Å². The van der Waals surface area contributed by atoms with Gasteiger partial charge < -0.3 is 15.0 Å². The van der Waals surface area contributed by atoms with Crippen LogP contribution in [-0.2, 0) is 22.6 Å². The van der Waals surface area contributed by atoms with Crippen LogP contribution in [0.15, 0.2) is 84.9 Å². The fraction of sp³-hybridized carbons (Fsp3) is 0.310. The summed E-state index contributed by atoms with van der Waals surface area (Å²) in [5.74, 6) is 0.610.